The molecule has 0 saturated heterocycles. The first kappa shape index (κ1) is 20.4. The van der Waals surface area contributed by atoms with Gasteiger partial charge < -0.3 is 9.73 Å². The van der Waals surface area contributed by atoms with Crippen molar-refractivity contribution >= 4 is 45.6 Å². The van der Waals surface area contributed by atoms with E-state index in [1.165, 1.54) is 11.3 Å². The first-order chi connectivity index (χ1) is 15.7. The van der Waals surface area contributed by atoms with Gasteiger partial charge in [0.25, 0.3) is 0 Å². The highest BCUT2D eigenvalue weighted by Crippen LogP contribution is 2.31. The van der Waals surface area contributed by atoms with Crippen molar-refractivity contribution in [3.8, 4) is 11.6 Å². The van der Waals surface area contributed by atoms with Crippen LogP contribution in [0.15, 0.2) is 87.8 Å². The van der Waals surface area contributed by atoms with Crippen LogP contribution in [0.1, 0.15) is 10.7 Å². The predicted octanol–water partition coefficient (Wildman–Crippen LogP) is 5.82. The van der Waals surface area contributed by atoms with Crippen LogP contribution >= 0.6 is 23.1 Å². The van der Waals surface area contributed by atoms with Gasteiger partial charge in [0.1, 0.15) is 10.0 Å². The Balaban J connectivity index is 1.29. The number of fused-ring (bicyclic) bond motifs is 1. The quantitative estimate of drug-likeness (QED) is 0.244. The molecule has 1 amide bonds. The molecular formula is C24H18N4O2S2. The fraction of sp³-hybridized carbons (Fsp3) is 0.0833. The van der Waals surface area contributed by atoms with Crippen LogP contribution in [0.2, 0.25) is 0 Å². The van der Waals surface area contributed by atoms with Gasteiger partial charge in [-0.1, -0.05) is 48.2 Å². The molecule has 5 rings (SSSR count). The SMILES string of the molecule is O=C(Cc1nc(CSc2nc(-c3ccco3)nc3ccccc23)cs1)Nc1ccccc1. The summed E-state index contributed by atoms with van der Waals surface area (Å²) in [5.41, 5.74) is 2.57. The van der Waals surface area contributed by atoms with Crippen molar-refractivity contribution in [1.29, 1.82) is 0 Å². The van der Waals surface area contributed by atoms with E-state index in [1.807, 2.05) is 72.1 Å². The fourth-order valence-electron chi connectivity index (χ4n) is 3.18. The van der Waals surface area contributed by atoms with Crippen molar-refractivity contribution in [2.75, 3.05) is 5.32 Å². The summed E-state index contributed by atoms with van der Waals surface area (Å²) >= 11 is 3.10. The monoisotopic (exact) mass is 458 g/mol. The van der Waals surface area contributed by atoms with Crippen molar-refractivity contribution in [3.05, 3.63) is 89.1 Å². The maximum atomic E-state index is 12.3. The van der Waals surface area contributed by atoms with E-state index >= 15 is 0 Å². The molecule has 1 N–H and O–H groups in total. The molecule has 0 aliphatic heterocycles. The minimum Gasteiger partial charge on any atom is -0.461 e. The number of aromatic nitrogens is 3. The van der Waals surface area contributed by atoms with Crippen LogP contribution in [0.5, 0.6) is 0 Å². The first-order valence-electron chi connectivity index (χ1n) is 9.96. The Hall–Kier alpha value is -3.49. The molecule has 32 heavy (non-hydrogen) atoms. The molecule has 0 bridgehead atoms. The molecule has 158 valence electrons. The lowest BCUT2D eigenvalue weighted by Gasteiger charge is -2.06. The Kier molecular flexibility index (Phi) is 5.96. The molecule has 3 heterocycles. The second-order valence-electron chi connectivity index (χ2n) is 6.96. The number of amides is 1. The average Bonchev–Trinajstić information content (AvgIpc) is 3.50. The number of hydrogen-bond acceptors (Lipinski definition) is 7. The van der Waals surface area contributed by atoms with E-state index in [9.17, 15) is 4.79 Å². The number of nitrogens with zero attached hydrogens (tertiary/aromatic N) is 3. The first-order valence-corrected chi connectivity index (χ1v) is 11.8. The molecule has 0 unspecified atom stereocenters. The maximum absolute atomic E-state index is 12.3. The van der Waals surface area contributed by atoms with Gasteiger partial charge in [-0.2, -0.15) is 0 Å². The highest BCUT2D eigenvalue weighted by Gasteiger charge is 2.13. The minimum atomic E-state index is -0.0744. The number of rotatable bonds is 7. The molecule has 2 aromatic carbocycles. The standard InChI is InChI=1S/C24H18N4O2S2/c29-21(25-16-7-2-1-3-8-16)13-22-26-17(14-31-22)15-32-24-18-9-4-5-10-19(18)27-23(28-24)20-11-6-12-30-20/h1-12,14H,13,15H2,(H,25,29). The molecule has 0 aliphatic rings. The van der Waals surface area contributed by atoms with Crippen molar-refractivity contribution in [2.24, 2.45) is 0 Å². The van der Waals surface area contributed by atoms with Gasteiger partial charge in [-0.15, -0.1) is 11.3 Å². The van der Waals surface area contributed by atoms with Gasteiger partial charge in [0.15, 0.2) is 11.6 Å². The van der Waals surface area contributed by atoms with Crippen LogP contribution in [0.4, 0.5) is 5.69 Å². The van der Waals surface area contributed by atoms with E-state index in [-0.39, 0.29) is 12.3 Å². The highest BCUT2D eigenvalue weighted by molar-refractivity contribution is 7.98. The predicted molar refractivity (Wildman–Crippen MR) is 128 cm³/mol. The van der Waals surface area contributed by atoms with Gasteiger partial charge in [-0.25, -0.2) is 15.0 Å². The van der Waals surface area contributed by atoms with Gasteiger partial charge in [0.2, 0.25) is 5.91 Å². The third kappa shape index (κ3) is 4.71. The second-order valence-corrected chi connectivity index (χ2v) is 8.87. The summed E-state index contributed by atoms with van der Waals surface area (Å²) < 4.78 is 5.49. The Morgan fingerprint density at radius 3 is 2.66 bits per heavy atom. The van der Waals surface area contributed by atoms with Gasteiger partial charge in [0.05, 0.1) is 23.9 Å². The van der Waals surface area contributed by atoms with Crippen molar-refractivity contribution in [2.45, 2.75) is 17.2 Å². The molecule has 0 radical (unpaired) electrons. The fourth-order valence-corrected chi connectivity index (χ4v) is 4.99. The average molecular weight is 459 g/mol. The van der Waals surface area contributed by atoms with Crippen LogP contribution in [0.3, 0.4) is 0 Å². The minimum absolute atomic E-state index is 0.0744. The number of carbonyl (C=O) groups excluding carboxylic acids is 1. The number of hydrogen-bond donors (Lipinski definition) is 1. The summed E-state index contributed by atoms with van der Waals surface area (Å²) in [5, 5.41) is 7.54. The Morgan fingerprint density at radius 2 is 1.81 bits per heavy atom. The number of thiazole rings is 1. The van der Waals surface area contributed by atoms with Crippen molar-refractivity contribution in [3.63, 3.8) is 0 Å². The lowest BCUT2D eigenvalue weighted by molar-refractivity contribution is -0.115. The zero-order valence-corrected chi connectivity index (χ0v) is 18.5. The molecule has 0 fully saturated rings. The molecule has 0 atom stereocenters. The third-order valence-corrected chi connectivity index (χ3v) is 6.56. The Morgan fingerprint density at radius 1 is 0.969 bits per heavy atom. The largest absolute Gasteiger partial charge is 0.461 e. The lowest BCUT2D eigenvalue weighted by Crippen LogP contribution is -2.14. The molecule has 6 nitrogen and oxygen atoms in total. The number of furan rings is 1. The van der Waals surface area contributed by atoms with E-state index in [1.54, 1.807) is 18.0 Å². The van der Waals surface area contributed by atoms with Crippen LogP contribution in [0, 0.1) is 0 Å². The molecular weight excluding hydrogens is 440 g/mol. The normalized spacial score (nSPS) is 11.0. The van der Waals surface area contributed by atoms with Gasteiger partial charge >= 0.3 is 0 Å². The van der Waals surface area contributed by atoms with Crippen LogP contribution < -0.4 is 5.32 Å². The third-order valence-electron chi connectivity index (χ3n) is 4.64. The molecule has 0 spiro atoms. The zero-order chi connectivity index (χ0) is 21.8. The number of nitrogens with one attached hydrogen (secondary N) is 1. The number of para-hydroxylation sites is 2. The number of anilines is 1. The summed E-state index contributed by atoms with van der Waals surface area (Å²) in [7, 11) is 0. The molecule has 0 saturated carbocycles. The Bertz CT molecular complexity index is 1350. The maximum Gasteiger partial charge on any atom is 0.231 e. The summed E-state index contributed by atoms with van der Waals surface area (Å²) in [5.74, 6) is 1.77. The highest BCUT2D eigenvalue weighted by atomic mass is 32.2. The van der Waals surface area contributed by atoms with Crippen LogP contribution in [-0.2, 0) is 17.0 Å². The zero-order valence-electron chi connectivity index (χ0n) is 16.9. The van der Waals surface area contributed by atoms with E-state index in [2.05, 4.69) is 15.3 Å². The summed E-state index contributed by atoms with van der Waals surface area (Å²) in [4.78, 5) is 26.3. The number of carbonyl (C=O) groups is 1. The van der Waals surface area contributed by atoms with Crippen molar-refractivity contribution in [1.82, 2.24) is 15.0 Å². The summed E-state index contributed by atoms with van der Waals surface area (Å²) in [6.07, 6.45) is 1.87. The number of benzene rings is 2. The van der Waals surface area contributed by atoms with E-state index in [0.717, 1.165) is 32.3 Å². The molecule has 8 heteroatoms. The molecule has 0 aliphatic carbocycles. The van der Waals surface area contributed by atoms with Gasteiger partial charge in [-0.05, 0) is 30.3 Å². The van der Waals surface area contributed by atoms with E-state index in [4.69, 9.17) is 9.40 Å². The van der Waals surface area contributed by atoms with Crippen LogP contribution in [-0.4, -0.2) is 20.9 Å². The molecule has 5 aromatic rings. The van der Waals surface area contributed by atoms with Gasteiger partial charge in [-0.3, -0.25) is 4.79 Å². The van der Waals surface area contributed by atoms with Crippen LogP contribution in [0.25, 0.3) is 22.5 Å². The van der Waals surface area contributed by atoms with Crippen molar-refractivity contribution < 1.29 is 9.21 Å². The Labute approximate surface area is 192 Å². The topological polar surface area (TPSA) is 80.9 Å². The summed E-state index contributed by atoms with van der Waals surface area (Å²) in [6, 6.07) is 21.0. The molecule has 3 aromatic heterocycles. The van der Waals surface area contributed by atoms with E-state index in [0.29, 0.717) is 17.3 Å². The van der Waals surface area contributed by atoms with E-state index < -0.39 is 0 Å². The number of thioether (sulfide) groups is 1. The second kappa shape index (κ2) is 9.33. The smallest absolute Gasteiger partial charge is 0.231 e. The summed E-state index contributed by atoms with van der Waals surface area (Å²) in [6.45, 7) is 0. The lowest BCUT2D eigenvalue weighted by atomic mass is 10.2. The van der Waals surface area contributed by atoms with Gasteiger partial charge in [0, 0.05) is 22.2 Å².